The second-order valence-electron chi connectivity index (χ2n) is 2.52. The highest BCUT2D eigenvalue weighted by Gasteiger charge is 1.86. The van der Waals surface area contributed by atoms with Crippen molar-refractivity contribution in [2.24, 2.45) is 5.92 Å². The first-order valence-corrected chi connectivity index (χ1v) is 3.17. The molecule has 1 N–H and O–H groups in total. The third-order valence-electron chi connectivity index (χ3n) is 0.918. The van der Waals surface area contributed by atoms with E-state index in [0.29, 0.717) is 5.92 Å². The normalized spacial score (nSPS) is 11.0. The predicted octanol–water partition coefficient (Wildman–Crippen LogP) is 2.66. The highest BCUT2D eigenvalue weighted by atomic mass is 16.3. The fraction of sp³-hybridized carbons (Fsp3) is 0.500. The van der Waals surface area contributed by atoms with Crippen molar-refractivity contribution in [3.05, 3.63) is 24.5 Å². The molecule has 0 aliphatic carbocycles. The fourth-order valence-electron chi connectivity index (χ4n) is 0.476. The molecule has 0 saturated heterocycles. The Bertz CT molecular complexity index is 112. The molecule has 0 aromatic heterocycles. The van der Waals surface area contributed by atoms with Gasteiger partial charge in [0.25, 0.3) is 0 Å². The third kappa shape index (κ3) is 7.28. The molecular weight excluding hydrogens is 112 g/mol. The molecule has 0 rings (SSSR count). The van der Waals surface area contributed by atoms with E-state index in [-0.39, 0.29) is 5.76 Å². The second kappa shape index (κ2) is 4.19. The maximum absolute atomic E-state index is 8.58. The van der Waals surface area contributed by atoms with Crippen LogP contribution in [0.15, 0.2) is 24.5 Å². The minimum absolute atomic E-state index is 0.135. The topological polar surface area (TPSA) is 20.2 Å². The summed E-state index contributed by atoms with van der Waals surface area (Å²) in [6, 6.07) is 0. The SMILES string of the molecule is C=C(O)/C=C/CC(C)C. The number of hydrogen-bond acceptors (Lipinski definition) is 1. The Kier molecular flexibility index (Phi) is 3.85. The average Bonchev–Trinajstić information content (AvgIpc) is 1.63. The van der Waals surface area contributed by atoms with E-state index < -0.39 is 0 Å². The molecule has 0 atom stereocenters. The Labute approximate surface area is 56.7 Å². The van der Waals surface area contributed by atoms with Crippen LogP contribution in [0.1, 0.15) is 20.3 Å². The van der Waals surface area contributed by atoms with Gasteiger partial charge in [-0.25, -0.2) is 0 Å². The molecule has 0 amide bonds. The first-order valence-electron chi connectivity index (χ1n) is 3.17. The van der Waals surface area contributed by atoms with Gasteiger partial charge in [0.05, 0.1) is 0 Å². The van der Waals surface area contributed by atoms with Crippen LogP contribution in [0.3, 0.4) is 0 Å². The summed E-state index contributed by atoms with van der Waals surface area (Å²) in [5, 5.41) is 8.58. The minimum atomic E-state index is 0.135. The van der Waals surface area contributed by atoms with Gasteiger partial charge >= 0.3 is 0 Å². The second-order valence-corrected chi connectivity index (χ2v) is 2.52. The van der Waals surface area contributed by atoms with Gasteiger partial charge in [-0.1, -0.05) is 26.5 Å². The Morgan fingerprint density at radius 2 is 2.22 bits per heavy atom. The van der Waals surface area contributed by atoms with E-state index in [1.165, 1.54) is 0 Å². The van der Waals surface area contributed by atoms with Crippen molar-refractivity contribution in [1.82, 2.24) is 0 Å². The van der Waals surface area contributed by atoms with Gasteiger partial charge in [0.1, 0.15) is 5.76 Å². The largest absolute Gasteiger partial charge is 0.509 e. The monoisotopic (exact) mass is 126 g/mol. The quantitative estimate of drug-likeness (QED) is 0.455. The first kappa shape index (κ1) is 8.28. The molecule has 0 saturated carbocycles. The zero-order chi connectivity index (χ0) is 7.28. The number of allylic oxidation sites excluding steroid dienone is 2. The third-order valence-corrected chi connectivity index (χ3v) is 0.918. The molecule has 0 radical (unpaired) electrons. The Morgan fingerprint density at radius 3 is 2.56 bits per heavy atom. The Hall–Kier alpha value is -0.720. The summed E-state index contributed by atoms with van der Waals surface area (Å²) in [6.45, 7) is 7.58. The van der Waals surface area contributed by atoms with E-state index in [4.69, 9.17) is 5.11 Å². The fourth-order valence-corrected chi connectivity index (χ4v) is 0.476. The molecule has 0 aromatic carbocycles. The van der Waals surface area contributed by atoms with Gasteiger partial charge in [-0.3, -0.25) is 0 Å². The Morgan fingerprint density at radius 1 is 1.67 bits per heavy atom. The van der Waals surface area contributed by atoms with Crippen molar-refractivity contribution in [1.29, 1.82) is 0 Å². The summed E-state index contributed by atoms with van der Waals surface area (Å²) in [7, 11) is 0. The lowest BCUT2D eigenvalue weighted by molar-refractivity contribution is 0.434. The van der Waals surface area contributed by atoms with Crippen LogP contribution in [0.2, 0.25) is 0 Å². The molecule has 0 aliphatic rings. The van der Waals surface area contributed by atoms with Crippen molar-refractivity contribution in [3.63, 3.8) is 0 Å². The van der Waals surface area contributed by atoms with E-state index in [2.05, 4.69) is 20.4 Å². The van der Waals surface area contributed by atoms with Crippen molar-refractivity contribution in [3.8, 4) is 0 Å². The van der Waals surface area contributed by atoms with Crippen LogP contribution >= 0.6 is 0 Å². The lowest BCUT2D eigenvalue weighted by Crippen LogP contribution is -1.81. The number of aliphatic hydroxyl groups is 1. The molecule has 1 nitrogen and oxygen atoms in total. The molecule has 0 aromatic rings. The van der Waals surface area contributed by atoms with Crippen molar-refractivity contribution in [2.75, 3.05) is 0 Å². The maximum Gasteiger partial charge on any atom is 0.108 e. The zero-order valence-corrected chi connectivity index (χ0v) is 6.09. The van der Waals surface area contributed by atoms with Crippen LogP contribution in [0, 0.1) is 5.92 Å². The van der Waals surface area contributed by atoms with E-state index in [1.807, 2.05) is 6.08 Å². The maximum atomic E-state index is 8.58. The van der Waals surface area contributed by atoms with E-state index in [0.717, 1.165) is 6.42 Å². The molecule has 0 fully saturated rings. The van der Waals surface area contributed by atoms with Gasteiger partial charge in [-0.2, -0.15) is 0 Å². The molecule has 0 unspecified atom stereocenters. The molecule has 0 heterocycles. The van der Waals surface area contributed by atoms with Crippen LogP contribution in [0.25, 0.3) is 0 Å². The molecule has 1 heteroatoms. The predicted molar refractivity (Wildman–Crippen MR) is 40.4 cm³/mol. The molecule has 9 heavy (non-hydrogen) atoms. The Balaban J connectivity index is 3.36. The van der Waals surface area contributed by atoms with E-state index in [9.17, 15) is 0 Å². The summed E-state index contributed by atoms with van der Waals surface area (Å²) in [5.41, 5.74) is 0. The highest BCUT2D eigenvalue weighted by molar-refractivity contribution is 5.04. The number of rotatable bonds is 3. The molecule has 0 spiro atoms. The zero-order valence-electron chi connectivity index (χ0n) is 6.09. The molecule has 0 bridgehead atoms. The lowest BCUT2D eigenvalue weighted by atomic mass is 10.1. The van der Waals surface area contributed by atoms with E-state index >= 15 is 0 Å². The van der Waals surface area contributed by atoms with Gasteiger partial charge < -0.3 is 5.11 Å². The minimum Gasteiger partial charge on any atom is -0.509 e. The summed E-state index contributed by atoms with van der Waals surface area (Å²) in [6.07, 6.45) is 4.55. The summed E-state index contributed by atoms with van der Waals surface area (Å²) in [5.74, 6) is 0.788. The summed E-state index contributed by atoms with van der Waals surface area (Å²) in [4.78, 5) is 0. The van der Waals surface area contributed by atoms with Gasteiger partial charge in [-0.05, 0) is 18.4 Å². The summed E-state index contributed by atoms with van der Waals surface area (Å²) < 4.78 is 0. The highest BCUT2D eigenvalue weighted by Crippen LogP contribution is 2.00. The molecular formula is C8H14O. The van der Waals surface area contributed by atoms with Crippen molar-refractivity contribution in [2.45, 2.75) is 20.3 Å². The van der Waals surface area contributed by atoms with Crippen LogP contribution in [-0.2, 0) is 0 Å². The van der Waals surface area contributed by atoms with Gasteiger partial charge in [0, 0.05) is 0 Å². The lowest BCUT2D eigenvalue weighted by Gasteiger charge is -1.95. The van der Waals surface area contributed by atoms with Crippen LogP contribution < -0.4 is 0 Å². The van der Waals surface area contributed by atoms with Gasteiger partial charge in [0.15, 0.2) is 0 Å². The van der Waals surface area contributed by atoms with Gasteiger partial charge in [0.2, 0.25) is 0 Å². The number of aliphatic hydroxyl groups excluding tert-OH is 1. The van der Waals surface area contributed by atoms with Crippen LogP contribution in [0.4, 0.5) is 0 Å². The standard InChI is InChI=1S/C8H14O/c1-7(2)5-4-6-8(3)9/h4,6-7,9H,3,5H2,1-2H3/b6-4+. The van der Waals surface area contributed by atoms with E-state index in [1.54, 1.807) is 6.08 Å². The first-order chi connectivity index (χ1) is 4.13. The molecule has 52 valence electrons. The van der Waals surface area contributed by atoms with Crippen LogP contribution in [-0.4, -0.2) is 5.11 Å². The van der Waals surface area contributed by atoms with Crippen molar-refractivity contribution >= 4 is 0 Å². The summed E-state index contributed by atoms with van der Waals surface area (Å²) >= 11 is 0. The van der Waals surface area contributed by atoms with Crippen molar-refractivity contribution < 1.29 is 5.11 Å². The number of hydrogen-bond donors (Lipinski definition) is 1. The molecule has 0 aliphatic heterocycles. The average molecular weight is 126 g/mol. The smallest absolute Gasteiger partial charge is 0.108 e. The van der Waals surface area contributed by atoms with Gasteiger partial charge in [-0.15, -0.1) is 0 Å². The van der Waals surface area contributed by atoms with Crippen LogP contribution in [0.5, 0.6) is 0 Å².